The minimum Gasteiger partial charge on any atom is -0.0648 e. The first kappa shape index (κ1) is 24.7. The molecule has 0 aliphatic heterocycles. The Balaban J connectivity index is 1.88. The van der Waals surface area contributed by atoms with Crippen molar-refractivity contribution >= 4 is 7.26 Å². The number of rotatable bonds is 11. The van der Waals surface area contributed by atoms with Gasteiger partial charge >= 0.3 is 0 Å². The fourth-order valence-corrected chi connectivity index (χ4v) is 6.33. The lowest BCUT2D eigenvalue weighted by molar-refractivity contribution is 0.450. The van der Waals surface area contributed by atoms with Crippen LogP contribution in [0, 0.1) is 0 Å². The Bertz CT molecular complexity index is 857. The van der Waals surface area contributed by atoms with Crippen LogP contribution < -0.4 is 0 Å². The normalized spacial score (nSPS) is 14.7. The van der Waals surface area contributed by atoms with Crippen molar-refractivity contribution in [3.63, 3.8) is 0 Å². The van der Waals surface area contributed by atoms with Crippen LogP contribution in [0.15, 0.2) is 84.9 Å². The topological polar surface area (TPSA) is 0 Å². The van der Waals surface area contributed by atoms with E-state index in [2.05, 4.69) is 119 Å². The van der Waals surface area contributed by atoms with Crippen molar-refractivity contribution < 1.29 is 0 Å². The van der Waals surface area contributed by atoms with Gasteiger partial charge in [-0.05, 0) is 65.7 Å². The number of hydrogen-bond donors (Lipinski definition) is 0. The van der Waals surface area contributed by atoms with Crippen LogP contribution in [-0.2, 0) is 6.16 Å². The summed E-state index contributed by atoms with van der Waals surface area (Å²) in [7, 11) is -0.812. The summed E-state index contributed by atoms with van der Waals surface area (Å²) in [5.74, 6) is 1.79. The van der Waals surface area contributed by atoms with Crippen LogP contribution in [0.3, 0.4) is 0 Å². The summed E-state index contributed by atoms with van der Waals surface area (Å²) >= 11 is 0. The molecule has 1 heteroatoms. The molecule has 170 valence electrons. The third kappa shape index (κ3) is 7.31. The molecule has 0 saturated heterocycles. The highest BCUT2D eigenvalue weighted by Gasteiger charge is 2.23. The molecule has 0 aromatic heterocycles. The SMILES string of the molecule is CCC(CC(CC(CC)c1ccccc1)c1ccc(C[P+](C)(C)C)cc1)c1ccccc1. The van der Waals surface area contributed by atoms with E-state index >= 15 is 0 Å². The lowest BCUT2D eigenvalue weighted by Crippen LogP contribution is -2.11. The molecule has 0 heterocycles. The summed E-state index contributed by atoms with van der Waals surface area (Å²) in [4.78, 5) is 0. The van der Waals surface area contributed by atoms with Crippen molar-refractivity contribution in [1.29, 1.82) is 0 Å². The summed E-state index contributed by atoms with van der Waals surface area (Å²) in [6, 6.07) is 32.0. The van der Waals surface area contributed by atoms with E-state index in [1.54, 1.807) is 0 Å². The van der Waals surface area contributed by atoms with E-state index in [1.165, 1.54) is 54.1 Å². The van der Waals surface area contributed by atoms with Gasteiger partial charge in [-0.1, -0.05) is 98.8 Å². The molecule has 2 unspecified atom stereocenters. The van der Waals surface area contributed by atoms with Crippen molar-refractivity contribution in [2.24, 2.45) is 0 Å². The molecule has 0 amide bonds. The molecule has 3 aromatic rings. The van der Waals surface area contributed by atoms with Gasteiger partial charge in [-0.2, -0.15) is 0 Å². The predicted molar refractivity (Wildman–Crippen MR) is 146 cm³/mol. The van der Waals surface area contributed by atoms with Crippen molar-refractivity contribution in [3.05, 3.63) is 107 Å². The number of hydrogen-bond acceptors (Lipinski definition) is 0. The van der Waals surface area contributed by atoms with Gasteiger partial charge in [-0.3, -0.25) is 0 Å². The summed E-state index contributed by atoms with van der Waals surface area (Å²) in [6.45, 7) is 12.0. The van der Waals surface area contributed by atoms with Crippen LogP contribution in [0.5, 0.6) is 0 Å². The Morgan fingerprint density at radius 1 is 0.531 bits per heavy atom. The summed E-state index contributed by atoms with van der Waals surface area (Å²) in [6.07, 6.45) is 6.05. The monoisotopic (exact) mass is 445 g/mol. The van der Waals surface area contributed by atoms with Gasteiger partial charge in [0.25, 0.3) is 0 Å². The fraction of sp³-hybridized carbons (Fsp3) is 0.419. The van der Waals surface area contributed by atoms with Gasteiger partial charge < -0.3 is 0 Å². The zero-order chi connectivity index (χ0) is 23.0. The zero-order valence-corrected chi connectivity index (χ0v) is 21.7. The van der Waals surface area contributed by atoms with Gasteiger partial charge in [-0.25, -0.2) is 0 Å². The molecule has 32 heavy (non-hydrogen) atoms. The molecule has 0 spiro atoms. The van der Waals surface area contributed by atoms with Crippen molar-refractivity contribution in [3.8, 4) is 0 Å². The van der Waals surface area contributed by atoms with Gasteiger partial charge in [-0.15, -0.1) is 0 Å². The van der Waals surface area contributed by atoms with E-state index in [0.717, 1.165) is 0 Å². The quantitative estimate of drug-likeness (QED) is 0.258. The van der Waals surface area contributed by atoms with Crippen LogP contribution in [-0.4, -0.2) is 20.0 Å². The first-order chi connectivity index (χ1) is 15.4. The smallest absolute Gasteiger partial charge is 0.0648 e. The van der Waals surface area contributed by atoms with E-state index in [4.69, 9.17) is 0 Å². The van der Waals surface area contributed by atoms with Crippen LogP contribution in [0.4, 0.5) is 0 Å². The Morgan fingerprint density at radius 2 is 0.938 bits per heavy atom. The molecule has 3 aromatic carbocycles. The maximum Gasteiger partial charge on any atom is 0.0834 e. The van der Waals surface area contributed by atoms with Gasteiger partial charge in [0.2, 0.25) is 0 Å². The van der Waals surface area contributed by atoms with Crippen molar-refractivity contribution in [2.75, 3.05) is 20.0 Å². The van der Waals surface area contributed by atoms with Gasteiger partial charge in [0, 0.05) is 27.3 Å². The standard InChI is InChI=1S/C31H42P/c1-6-26(28-14-10-8-11-15-28)22-31(23-27(7-2)29-16-12-9-13-17-29)30-20-18-25(19-21-30)24-32(3,4)5/h8-21,26-27,31H,6-7,22-24H2,1-5H3/q+1. The molecular weight excluding hydrogens is 403 g/mol. The minimum atomic E-state index is -0.812. The summed E-state index contributed by atoms with van der Waals surface area (Å²) in [5.41, 5.74) is 5.99. The average Bonchev–Trinajstić information content (AvgIpc) is 2.80. The van der Waals surface area contributed by atoms with Crippen LogP contribution in [0.2, 0.25) is 0 Å². The van der Waals surface area contributed by atoms with E-state index in [-0.39, 0.29) is 0 Å². The highest BCUT2D eigenvalue weighted by Crippen LogP contribution is 2.50. The molecule has 0 fully saturated rings. The molecule has 0 saturated carbocycles. The molecule has 2 atom stereocenters. The third-order valence-corrected chi connectivity index (χ3v) is 8.09. The molecule has 0 aliphatic rings. The van der Waals surface area contributed by atoms with Crippen LogP contribution in [0.25, 0.3) is 0 Å². The summed E-state index contributed by atoms with van der Waals surface area (Å²) in [5, 5.41) is 0. The maximum absolute atomic E-state index is 2.44. The van der Waals surface area contributed by atoms with E-state index in [1.807, 2.05) is 0 Å². The molecule has 0 aliphatic carbocycles. The van der Waals surface area contributed by atoms with Gasteiger partial charge in [0.1, 0.15) is 0 Å². The molecule has 0 bridgehead atoms. The minimum absolute atomic E-state index is 0.573. The van der Waals surface area contributed by atoms with Gasteiger partial charge in [0.15, 0.2) is 0 Å². The fourth-order valence-electron chi connectivity index (χ4n) is 5.03. The molecule has 0 nitrogen and oxygen atoms in total. The first-order valence-electron chi connectivity index (χ1n) is 12.4. The lowest BCUT2D eigenvalue weighted by Gasteiger charge is -2.28. The Morgan fingerprint density at radius 3 is 1.31 bits per heavy atom. The number of benzene rings is 3. The van der Waals surface area contributed by atoms with Crippen LogP contribution in [0.1, 0.15) is 79.5 Å². The third-order valence-electron chi connectivity index (χ3n) is 6.77. The zero-order valence-electron chi connectivity index (χ0n) is 20.8. The van der Waals surface area contributed by atoms with Crippen molar-refractivity contribution in [1.82, 2.24) is 0 Å². The van der Waals surface area contributed by atoms with E-state index < -0.39 is 7.26 Å². The average molecular weight is 446 g/mol. The molecule has 3 rings (SSSR count). The van der Waals surface area contributed by atoms with E-state index in [0.29, 0.717) is 17.8 Å². The second-order valence-electron chi connectivity index (χ2n) is 10.4. The summed E-state index contributed by atoms with van der Waals surface area (Å²) < 4.78 is 0. The van der Waals surface area contributed by atoms with Crippen LogP contribution >= 0.6 is 7.26 Å². The highest BCUT2D eigenvalue weighted by atomic mass is 31.2. The predicted octanol–water partition coefficient (Wildman–Crippen LogP) is 9.35. The second kappa shape index (κ2) is 11.8. The Kier molecular flexibility index (Phi) is 9.12. The Hall–Kier alpha value is -1.91. The maximum atomic E-state index is 2.44. The van der Waals surface area contributed by atoms with Gasteiger partial charge in [0.05, 0.1) is 6.16 Å². The molecule has 0 radical (unpaired) electrons. The molecular formula is C31H42P+. The first-order valence-corrected chi connectivity index (χ1v) is 15.7. The van der Waals surface area contributed by atoms with Crippen molar-refractivity contribution in [2.45, 2.75) is 63.4 Å². The second-order valence-corrected chi connectivity index (χ2v) is 15.3. The lowest BCUT2D eigenvalue weighted by atomic mass is 9.77. The molecule has 0 N–H and O–H groups in total. The largest absolute Gasteiger partial charge is 0.0834 e. The van der Waals surface area contributed by atoms with E-state index in [9.17, 15) is 0 Å². The Labute approximate surface area is 197 Å². The highest BCUT2D eigenvalue weighted by molar-refractivity contribution is 7.72.